The van der Waals surface area contributed by atoms with Gasteiger partial charge in [-0.3, -0.25) is 0 Å². The van der Waals surface area contributed by atoms with Crippen molar-refractivity contribution >= 4 is 0 Å². The Hall–Kier alpha value is -0.390. The van der Waals surface area contributed by atoms with Crippen LogP contribution in [0.5, 0.6) is 0 Å². The third-order valence-electron chi connectivity index (χ3n) is 3.32. The van der Waals surface area contributed by atoms with E-state index in [1.807, 2.05) is 0 Å². The highest BCUT2D eigenvalue weighted by atomic mass is 19.4. The molecule has 0 aromatic heterocycles. The molecular formula is C10H17F5N+. The largest absolute Gasteiger partial charge is 0.460 e. The Morgan fingerprint density at radius 1 is 1.19 bits per heavy atom. The summed E-state index contributed by atoms with van der Waals surface area (Å²) in [6, 6.07) is 0. The molecule has 1 rings (SSSR count). The molecule has 0 aromatic carbocycles. The van der Waals surface area contributed by atoms with Gasteiger partial charge in [-0.05, 0) is 6.42 Å². The molecule has 0 amide bonds. The minimum absolute atomic E-state index is 0.0560. The summed E-state index contributed by atoms with van der Waals surface area (Å²) in [4.78, 5) is 0. The second kappa shape index (κ2) is 4.47. The topological polar surface area (TPSA) is 16.6 Å². The van der Waals surface area contributed by atoms with Gasteiger partial charge in [0, 0.05) is 19.3 Å². The molecule has 0 saturated carbocycles. The van der Waals surface area contributed by atoms with Gasteiger partial charge in [-0.15, -0.1) is 0 Å². The second-order valence-electron chi connectivity index (χ2n) is 4.43. The summed E-state index contributed by atoms with van der Waals surface area (Å²) >= 11 is 0. The molecule has 1 aliphatic heterocycles. The Bertz CT molecular complexity index is 230. The summed E-state index contributed by atoms with van der Waals surface area (Å²) in [6.45, 7) is 2.14. The molecule has 16 heavy (non-hydrogen) atoms. The molecule has 1 nitrogen and oxygen atoms in total. The van der Waals surface area contributed by atoms with E-state index in [2.05, 4.69) is 0 Å². The van der Waals surface area contributed by atoms with Crippen molar-refractivity contribution in [2.45, 2.75) is 56.7 Å². The van der Waals surface area contributed by atoms with Crippen molar-refractivity contribution in [1.29, 1.82) is 0 Å². The maximum absolute atomic E-state index is 13.5. The van der Waals surface area contributed by atoms with Gasteiger partial charge >= 0.3 is 12.1 Å². The fourth-order valence-electron chi connectivity index (χ4n) is 2.34. The van der Waals surface area contributed by atoms with Crippen LogP contribution in [-0.4, -0.2) is 24.2 Å². The highest BCUT2D eigenvalue weighted by Crippen LogP contribution is 2.46. The van der Waals surface area contributed by atoms with Crippen molar-refractivity contribution in [1.82, 2.24) is 0 Å². The first-order valence-corrected chi connectivity index (χ1v) is 5.56. The maximum Gasteiger partial charge on any atom is 0.460 e. The lowest BCUT2D eigenvalue weighted by molar-refractivity contribution is -0.735. The zero-order chi connectivity index (χ0) is 12.4. The van der Waals surface area contributed by atoms with Crippen LogP contribution in [0.15, 0.2) is 0 Å². The van der Waals surface area contributed by atoms with Gasteiger partial charge in [0.05, 0.1) is 6.54 Å². The predicted octanol–water partition coefficient (Wildman–Crippen LogP) is 2.47. The zero-order valence-corrected chi connectivity index (χ0v) is 9.21. The molecule has 0 aliphatic carbocycles. The summed E-state index contributed by atoms with van der Waals surface area (Å²) in [5.41, 5.74) is -1.96. The Morgan fingerprint density at radius 2 is 1.81 bits per heavy atom. The van der Waals surface area contributed by atoms with Crippen LogP contribution in [0.1, 0.15) is 39.0 Å². The van der Waals surface area contributed by atoms with E-state index in [9.17, 15) is 22.0 Å². The van der Waals surface area contributed by atoms with Crippen LogP contribution >= 0.6 is 0 Å². The molecule has 1 saturated heterocycles. The van der Waals surface area contributed by atoms with Crippen LogP contribution in [0.2, 0.25) is 0 Å². The van der Waals surface area contributed by atoms with Crippen molar-refractivity contribution < 1.29 is 27.3 Å². The summed E-state index contributed by atoms with van der Waals surface area (Å²) in [5, 5.41) is 1.19. The molecule has 0 spiro atoms. The lowest BCUT2D eigenvalue weighted by atomic mass is 9.84. The minimum Gasteiger partial charge on any atom is -0.336 e. The number of hydrogen-bond donors (Lipinski definition) is 1. The van der Waals surface area contributed by atoms with Crippen LogP contribution < -0.4 is 5.32 Å². The van der Waals surface area contributed by atoms with Crippen molar-refractivity contribution in [3.05, 3.63) is 0 Å². The van der Waals surface area contributed by atoms with E-state index in [4.69, 9.17) is 0 Å². The molecule has 2 N–H and O–H groups in total. The van der Waals surface area contributed by atoms with Crippen molar-refractivity contribution in [2.24, 2.45) is 0 Å². The first-order chi connectivity index (χ1) is 7.27. The van der Waals surface area contributed by atoms with E-state index in [0.29, 0.717) is 25.8 Å². The highest BCUT2D eigenvalue weighted by Gasteiger charge is 2.72. The fraction of sp³-hybridized carbons (Fsp3) is 1.00. The van der Waals surface area contributed by atoms with Crippen molar-refractivity contribution in [2.75, 3.05) is 6.54 Å². The van der Waals surface area contributed by atoms with Gasteiger partial charge in [-0.25, -0.2) is 0 Å². The number of halogens is 5. The molecule has 0 unspecified atom stereocenters. The third-order valence-corrected chi connectivity index (χ3v) is 3.32. The molecule has 1 heterocycles. The second-order valence-corrected chi connectivity index (χ2v) is 4.43. The first-order valence-electron chi connectivity index (χ1n) is 5.56. The predicted molar refractivity (Wildman–Crippen MR) is 49.3 cm³/mol. The van der Waals surface area contributed by atoms with Gasteiger partial charge in [0.25, 0.3) is 0 Å². The van der Waals surface area contributed by atoms with Gasteiger partial charge in [-0.2, -0.15) is 22.0 Å². The van der Waals surface area contributed by atoms with Crippen LogP contribution in [0, 0.1) is 0 Å². The van der Waals surface area contributed by atoms with E-state index in [1.165, 1.54) is 5.32 Å². The summed E-state index contributed by atoms with van der Waals surface area (Å²) in [6.07, 6.45) is -4.11. The number of rotatable bonds is 4. The van der Waals surface area contributed by atoms with Gasteiger partial charge < -0.3 is 5.32 Å². The number of hydrogen-bond acceptors (Lipinski definition) is 0. The Balaban J connectivity index is 2.92. The van der Waals surface area contributed by atoms with E-state index < -0.39 is 17.6 Å². The van der Waals surface area contributed by atoms with Crippen LogP contribution in [0.25, 0.3) is 0 Å². The smallest absolute Gasteiger partial charge is 0.336 e. The monoisotopic (exact) mass is 246 g/mol. The SMILES string of the molecule is CCCC[C@]1(C(F)(F)C(F)(F)F)CCC[NH2+]1. The van der Waals surface area contributed by atoms with Gasteiger partial charge in [-0.1, -0.05) is 13.3 Å². The number of alkyl halides is 5. The maximum atomic E-state index is 13.5. The average Bonchev–Trinajstić information content (AvgIpc) is 2.62. The number of unbranched alkanes of at least 4 members (excludes halogenated alkanes) is 1. The van der Waals surface area contributed by atoms with Crippen LogP contribution in [-0.2, 0) is 0 Å². The lowest BCUT2D eigenvalue weighted by Crippen LogP contribution is -2.98. The summed E-state index contributed by atoms with van der Waals surface area (Å²) in [7, 11) is 0. The molecular weight excluding hydrogens is 229 g/mol. The molecule has 96 valence electrons. The quantitative estimate of drug-likeness (QED) is 0.734. The molecule has 0 bridgehead atoms. The van der Waals surface area contributed by atoms with Crippen LogP contribution in [0.4, 0.5) is 22.0 Å². The van der Waals surface area contributed by atoms with E-state index in [-0.39, 0.29) is 12.8 Å². The molecule has 0 aromatic rings. The lowest BCUT2D eigenvalue weighted by Gasteiger charge is -2.35. The summed E-state index contributed by atoms with van der Waals surface area (Å²) in [5.74, 6) is -4.59. The number of quaternary nitrogens is 1. The third kappa shape index (κ3) is 2.17. The normalized spacial score (nSPS) is 27.4. The highest BCUT2D eigenvalue weighted by molar-refractivity contribution is 4.98. The van der Waals surface area contributed by atoms with E-state index in [0.717, 1.165) is 0 Å². The van der Waals surface area contributed by atoms with Crippen molar-refractivity contribution in [3.63, 3.8) is 0 Å². The van der Waals surface area contributed by atoms with Gasteiger partial charge in [0.15, 0.2) is 5.54 Å². The molecule has 1 atom stereocenters. The van der Waals surface area contributed by atoms with E-state index >= 15 is 0 Å². The molecule has 1 aliphatic rings. The fourth-order valence-corrected chi connectivity index (χ4v) is 2.34. The Kier molecular flexibility index (Phi) is 3.82. The van der Waals surface area contributed by atoms with Gasteiger partial charge in [0.2, 0.25) is 0 Å². The average molecular weight is 246 g/mol. The van der Waals surface area contributed by atoms with Crippen LogP contribution in [0.3, 0.4) is 0 Å². The zero-order valence-electron chi connectivity index (χ0n) is 9.21. The molecule has 6 heteroatoms. The van der Waals surface area contributed by atoms with Gasteiger partial charge in [0.1, 0.15) is 0 Å². The minimum atomic E-state index is -5.44. The molecule has 0 radical (unpaired) electrons. The summed E-state index contributed by atoms with van der Waals surface area (Å²) < 4.78 is 64.1. The number of nitrogens with two attached hydrogens (primary N) is 1. The Labute approximate surface area is 91.4 Å². The van der Waals surface area contributed by atoms with E-state index in [1.54, 1.807) is 6.92 Å². The molecule has 1 fully saturated rings. The van der Waals surface area contributed by atoms with Crippen molar-refractivity contribution in [3.8, 4) is 0 Å². The Morgan fingerprint density at radius 3 is 2.19 bits per heavy atom. The standard InChI is InChI=1S/C10H16F5N/c1-2-3-5-8(6-4-7-16-8)9(11,12)10(13,14)15/h16H,2-7H2,1H3/p+1/t8-/m1/s1. The first kappa shape index (κ1) is 13.7.